The van der Waals surface area contributed by atoms with Crippen LogP contribution in [0, 0.1) is 0 Å². The second-order valence-corrected chi connectivity index (χ2v) is 13.9. The Bertz CT molecular complexity index is 574. The van der Waals surface area contributed by atoms with Crippen molar-refractivity contribution in [3.63, 3.8) is 0 Å². The van der Waals surface area contributed by atoms with Crippen LogP contribution >= 0.6 is 15.9 Å². The first kappa shape index (κ1) is 21.2. The fourth-order valence-electron chi connectivity index (χ4n) is 1.67. The van der Waals surface area contributed by atoms with Crippen molar-refractivity contribution in [2.24, 2.45) is 0 Å². The van der Waals surface area contributed by atoms with Crippen molar-refractivity contribution in [1.82, 2.24) is 9.78 Å². The molecule has 1 N–H and O–H groups in total. The van der Waals surface area contributed by atoms with Gasteiger partial charge in [-0.2, -0.15) is 5.10 Å². The van der Waals surface area contributed by atoms with Crippen LogP contribution in [0.3, 0.4) is 0 Å². The van der Waals surface area contributed by atoms with Crippen LogP contribution in [0.4, 0.5) is 10.6 Å². The van der Waals surface area contributed by atoms with Crippen molar-refractivity contribution < 1.29 is 14.0 Å². The number of carbonyl (C=O) groups is 1. The number of nitrogens with one attached hydrogen (secondary N) is 1. The van der Waals surface area contributed by atoms with E-state index in [0.29, 0.717) is 23.6 Å². The van der Waals surface area contributed by atoms with Gasteiger partial charge in [-0.25, -0.2) is 9.48 Å². The van der Waals surface area contributed by atoms with Crippen molar-refractivity contribution >= 4 is 36.2 Å². The molecule has 0 aliphatic heterocycles. The third kappa shape index (κ3) is 6.56. The van der Waals surface area contributed by atoms with Gasteiger partial charge in [0.1, 0.15) is 16.0 Å². The van der Waals surface area contributed by atoms with Crippen molar-refractivity contribution in [3.8, 4) is 0 Å². The molecule has 1 heterocycles. The molecule has 6 nitrogen and oxygen atoms in total. The molecule has 0 saturated carbocycles. The molecule has 0 bridgehead atoms. The molecule has 1 aromatic rings. The topological polar surface area (TPSA) is 65.4 Å². The van der Waals surface area contributed by atoms with Gasteiger partial charge in [-0.05, 0) is 54.8 Å². The van der Waals surface area contributed by atoms with E-state index in [-0.39, 0.29) is 5.04 Å². The summed E-state index contributed by atoms with van der Waals surface area (Å²) in [4.78, 5) is 11.9. The van der Waals surface area contributed by atoms with Crippen LogP contribution in [-0.4, -0.2) is 36.4 Å². The third-order valence-corrected chi connectivity index (χ3v) is 8.88. The predicted octanol–water partition coefficient (Wildman–Crippen LogP) is 5.01. The van der Waals surface area contributed by atoms with Crippen LogP contribution in [0.2, 0.25) is 18.1 Å². The van der Waals surface area contributed by atoms with E-state index in [1.54, 1.807) is 10.7 Å². The van der Waals surface area contributed by atoms with E-state index in [1.165, 1.54) is 0 Å². The maximum absolute atomic E-state index is 11.9. The number of ether oxygens (including phenoxy) is 1. The lowest BCUT2D eigenvalue weighted by atomic mass is 10.2. The minimum Gasteiger partial charge on any atom is -0.444 e. The molecule has 0 aliphatic carbocycles. The number of carbonyl (C=O) groups excluding carboxylic acids is 1. The summed E-state index contributed by atoms with van der Waals surface area (Å²) in [6.45, 7) is 17.6. The molecule has 0 radical (unpaired) electrons. The molecule has 0 saturated heterocycles. The zero-order valence-electron chi connectivity index (χ0n) is 16.0. The SMILES string of the molecule is CC(C)(C)OC(=O)Nc1cc(Br)nn1CCO[Si](C)(C)C(C)(C)C. The smallest absolute Gasteiger partial charge is 0.413 e. The Kier molecular flexibility index (Phi) is 6.68. The second-order valence-electron chi connectivity index (χ2n) is 8.31. The van der Waals surface area contributed by atoms with Gasteiger partial charge in [-0.1, -0.05) is 20.8 Å². The quantitative estimate of drug-likeness (QED) is 0.680. The Labute approximate surface area is 154 Å². The van der Waals surface area contributed by atoms with Crippen LogP contribution < -0.4 is 5.32 Å². The number of amides is 1. The molecule has 24 heavy (non-hydrogen) atoms. The number of rotatable bonds is 5. The van der Waals surface area contributed by atoms with Crippen molar-refractivity contribution in [1.29, 1.82) is 0 Å². The van der Waals surface area contributed by atoms with E-state index < -0.39 is 20.0 Å². The monoisotopic (exact) mass is 419 g/mol. The molecule has 1 amide bonds. The summed E-state index contributed by atoms with van der Waals surface area (Å²) in [7, 11) is -1.80. The molecule has 138 valence electrons. The van der Waals surface area contributed by atoms with Crippen LogP contribution in [-0.2, 0) is 15.7 Å². The minimum absolute atomic E-state index is 0.162. The summed E-state index contributed by atoms with van der Waals surface area (Å²) in [6.07, 6.45) is -0.499. The number of hydrogen-bond donors (Lipinski definition) is 1. The van der Waals surface area contributed by atoms with E-state index in [2.05, 4.69) is 60.2 Å². The standard InChI is InChI=1S/C16H30BrN3O3Si/c1-15(2,3)23-14(21)18-13-11-12(17)19-20(13)9-10-22-24(7,8)16(4,5)6/h11H,9-10H2,1-8H3,(H,18,21). The largest absolute Gasteiger partial charge is 0.444 e. The normalized spacial score (nSPS) is 13.0. The first-order valence-corrected chi connectivity index (χ1v) is 11.8. The van der Waals surface area contributed by atoms with E-state index in [4.69, 9.17) is 9.16 Å². The molecule has 1 aromatic heterocycles. The third-order valence-electron chi connectivity index (χ3n) is 3.95. The Morgan fingerprint density at radius 3 is 2.38 bits per heavy atom. The molecule has 8 heteroatoms. The average Bonchev–Trinajstić information content (AvgIpc) is 2.65. The molecule has 0 fully saturated rings. The highest BCUT2D eigenvalue weighted by atomic mass is 79.9. The number of hydrogen-bond acceptors (Lipinski definition) is 4. The number of halogens is 1. The zero-order valence-corrected chi connectivity index (χ0v) is 18.6. The van der Waals surface area contributed by atoms with Gasteiger partial charge < -0.3 is 9.16 Å². The average molecular weight is 420 g/mol. The first-order chi connectivity index (χ1) is 10.7. The predicted molar refractivity (Wildman–Crippen MR) is 103 cm³/mol. The molecule has 0 aromatic carbocycles. The summed E-state index contributed by atoms with van der Waals surface area (Å²) >= 11 is 3.34. The van der Waals surface area contributed by atoms with Gasteiger partial charge in [0.2, 0.25) is 0 Å². The van der Waals surface area contributed by atoms with E-state index in [1.807, 2.05) is 20.8 Å². The van der Waals surface area contributed by atoms with E-state index in [9.17, 15) is 4.79 Å². The van der Waals surface area contributed by atoms with Gasteiger partial charge in [0.15, 0.2) is 8.32 Å². The molecule has 1 rings (SSSR count). The highest BCUT2D eigenvalue weighted by Gasteiger charge is 2.36. The van der Waals surface area contributed by atoms with E-state index in [0.717, 1.165) is 0 Å². The van der Waals surface area contributed by atoms with Crippen LogP contribution in [0.15, 0.2) is 10.7 Å². The van der Waals surface area contributed by atoms with Gasteiger partial charge >= 0.3 is 6.09 Å². The lowest BCUT2D eigenvalue weighted by molar-refractivity contribution is 0.0634. The highest BCUT2D eigenvalue weighted by Crippen LogP contribution is 2.36. The van der Waals surface area contributed by atoms with Crippen LogP contribution in [0.5, 0.6) is 0 Å². The minimum atomic E-state index is -1.80. The summed E-state index contributed by atoms with van der Waals surface area (Å²) in [5.74, 6) is 0.579. The number of aromatic nitrogens is 2. The second kappa shape index (κ2) is 7.57. The van der Waals surface area contributed by atoms with Crippen molar-refractivity contribution in [2.75, 3.05) is 11.9 Å². The Morgan fingerprint density at radius 1 is 1.29 bits per heavy atom. The van der Waals surface area contributed by atoms with Gasteiger partial charge in [0, 0.05) is 6.07 Å². The highest BCUT2D eigenvalue weighted by molar-refractivity contribution is 9.10. The molecule has 0 atom stereocenters. The summed E-state index contributed by atoms with van der Waals surface area (Å²) in [5, 5.41) is 7.23. The van der Waals surface area contributed by atoms with Crippen molar-refractivity contribution in [3.05, 3.63) is 10.7 Å². The molecular formula is C16H30BrN3O3Si. The van der Waals surface area contributed by atoms with Crippen LogP contribution in [0.25, 0.3) is 0 Å². The maximum Gasteiger partial charge on any atom is 0.413 e. The lowest BCUT2D eigenvalue weighted by Crippen LogP contribution is -2.41. The molecule has 0 aliphatic rings. The summed E-state index contributed by atoms with van der Waals surface area (Å²) < 4.78 is 13.8. The molecule has 0 unspecified atom stereocenters. The van der Waals surface area contributed by atoms with E-state index >= 15 is 0 Å². The molecule has 0 spiro atoms. The van der Waals surface area contributed by atoms with Gasteiger partial charge in [-0.3, -0.25) is 5.32 Å². The molecular weight excluding hydrogens is 390 g/mol. The van der Waals surface area contributed by atoms with Crippen LogP contribution in [0.1, 0.15) is 41.5 Å². The summed E-state index contributed by atoms with van der Waals surface area (Å²) in [6, 6.07) is 1.75. The Balaban J connectivity index is 2.69. The van der Waals surface area contributed by atoms with Gasteiger partial charge in [0.25, 0.3) is 0 Å². The fourth-order valence-corrected chi connectivity index (χ4v) is 3.11. The Morgan fingerprint density at radius 2 is 1.88 bits per heavy atom. The maximum atomic E-state index is 11.9. The van der Waals surface area contributed by atoms with Crippen molar-refractivity contribution in [2.45, 2.75) is 71.8 Å². The first-order valence-electron chi connectivity index (χ1n) is 8.08. The lowest BCUT2D eigenvalue weighted by Gasteiger charge is -2.36. The van der Waals surface area contributed by atoms with Gasteiger partial charge in [0.05, 0.1) is 13.2 Å². The Hall–Kier alpha value is -0.863. The van der Waals surface area contributed by atoms with Gasteiger partial charge in [-0.15, -0.1) is 0 Å². The number of nitrogens with zero attached hydrogens (tertiary/aromatic N) is 2. The zero-order chi connectivity index (χ0) is 18.8. The summed E-state index contributed by atoms with van der Waals surface area (Å²) in [5.41, 5.74) is -0.544. The number of anilines is 1. The fraction of sp³-hybridized carbons (Fsp3) is 0.750.